The number of hydrogen-bond acceptors (Lipinski definition) is 2. The number of carbonyl (C=O) groups is 1. The first-order chi connectivity index (χ1) is 15.1. The molecule has 3 fully saturated rings. The summed E-state index contributed by atoms with van der Waals surface area (Å²) in [6.07, 6.45) is 14.6. The van der Waals surface area contributed by atoms with Crippen molar-refractivity contribution < 1.29 is 9.53 Å². The summed E-state index contributed by atoms with van der Waals surface area (Å²) >= 11 is 0. The van der Waals surface area contributed by atoms with Crippen molar-refractivity contribution in [3.8, 4) is 0 Å². The average Bonchev–Trinajstić information content (AvgIpc) is 3.08. The van der Waals surface area contributed by atoms with Gasteiger partial charge in [0.1, 0.15) is 6.10 Å². The Bertz CT molecular complexity index is 735. The largest absolute Gasteiger partial charge is 0.463 e. The number of rotatable bonds is 6. The fraction of sp³-hybridized carbons (Fsp3) is 0.900. The van der Waals surface area contributed by atoms with Crippen LogP contribution in [0.4, 0.5) is 0 Å². The van der Waals surface area contributed by atoms with E-state index in [9.17, 15) is 4.79 Å². The molecule has 182 valence electrons. The Morgan fingerprint density at radius 2 is 1.75 bits per heavy atom. The second-order valence-corrected chi connectivity index (χ2v) is 13.2. The van der Waals surface area contributed by atoms with Crippen LogP contribution in [-0.4, -0.2) is 12.1 Å². The lowest BCUT2D eigenvalue weighted by molar-refractivity contribution is -0.152. The number of fused-ring (bicyclic) bond motifs is 4. The fourth-order valence-corrected chi connectivity index (χ4v) is 8.80. The monoisotopic (exact) mass is 442 g/mol. The zero-order chi connectivity index (χ0) is 23.3. The van der Waals surface area contributed by atoms with Crippen LogP contribution in [0.5, 0.6) is 0 Å². The zero-order valence-corrected chi connectivity index (χ0v) is 22.1. The summed E-state index contributed by atoms with van der Waals surface area (Å²) in [5.41, 5.74) is 4.69. The maximum absolute atomic E-state index is 11.5. The summed E-state index contributed by atoms with van der Waals surface area (Å²) in [7, 11) is 0. The van der Waals surface area contributed by atoms with Crippen LogP contribution in [0.1, 0.15) is 119 Å². The minimum absolute atomic E-state index is 0.0976. The smallest absolute Gasteiger partial charge is 0.302 e. The third-order valence-corrected chi connectivity index (χ3v) is 11.3. The maximum Gasteiger partial charge on any atom is 0.302 e. The normalized spacial score (nSPS) is 41.0. The molecule has 0 bridgehead atoms. The Balaban J connectivity index is 1.50. The highest BCUT2D eigenvalue weighted by Gasteiger charge is 2.55. The summed E-state index contributed by atoms with van der Waals surface area (Å²) in [4.78, 5) is 11.5. The van der Waals surface area contributed by atoms with Gasteiger partial charge in [0.2, 0.25) is 0 Å². The van der Waals surface area contributed by atoms with Gasteiger partial charge in [0.25, 0.3) is 0 Å². The van der Waals surface area contributed by atoms with E-state index in [1.165, 1.54) is 57.8 Å². The van der Waals surface area contributed by atoms with Gasteiger partial charge in [-0.15, -0.1) is 0 Å². The van der Waals surface area contributed by atoms with Crippen molar-refractivity contribution in [3.05, 3.63) is 11.1 Å². The molecule has 4 aliphatic carbocycles. The van der Waals surface area contributed by atoms with Gasteiger partial charge in [-0.2, -0.15) is 0 Å². The van der Waals surface area contributed by atoms with Crippen molar-refractivity contribution in [2.75, 3.05) is 0 Å². The minimum Gasteiger partial charge on any atom is -0.463 e. The first kappa shape index (κ1) is 24.3. The van der Waals surface area contributed by atoms with Crippen molar-refractivity contribution >= 4 is 5.97 Å². The van der Waals surface area contributed by atoms with Crippen LogP contribution in [-0.2, 0) is 9.53 Å². The molecule has 0 radical (unpaired) electrons. The van der Waals surface area contributed by atoms with Crippen LogP contribution in [0.2, 0.25) is 0 Å². The second kappa shape index (κ2) is 9.10. The number of carbonyl (C=O) groups excluding carboxylic acids is 1. The van der Waals surface area contributed by atoms with E-state index in [2.05, 4.69) is 41.5 Å². The van der Waals surface area contributed by atoms with Crippen LogP contribution >= 0.6 is 0 Å². The van der Waals surface area contributed by atoms with E-state index in [0.29, 0.717) is 10.8 Å². The van der Waals surface area contributed by atoms with E-state index in [-0.39, 0.29) is 12.1 Å². The lowest BCUT2D eigenvalue weighted by atomic mass is 9.48. The van der Waals surface area contributed by atoms with Gasteiger partial charge in [-0.3, -0.25) is 4.79 Å². The van der Waals surface area contributed by atoms with Crippen molar-refractivity contribution in [2.24, 2.45) is 46.3 Å². The predicted molar refractivity (Wildman–Crippen MR) is 133 cm³/mol. The van der Waals surface area contributed by atoms with Gasteiger partial charge in [0.05, 0.1) is 0 Å². The molecule has 0 aromatic carbocycles. The molecule has 0 amide bonds. The highest BCUT2D eigenvalue weighted by molar-refractivity contribution is 5.66. The van der Waals surface area contributed by atoms with Gasteiger partial charge < -0.3 is 4.74 Å². The first-order valence-electron chi connectivity index (χ1n) is 14.0. The van der Waals surface area contributed by atoms with E-state index < -0.39 is 0 Å². The average molecular weight is 443 g/mol. The van der Waals surface area contributed by atoms with E-state index >= 15 is 0 Å². The van der Waals surface area contributed by atoms with Gasteiger partial charge >= 0.3 is 5.97 Å². The topological polar surface area (TPSA) is 26.3 Å². The molecule has 0 saturated heterocycles. The van der Waals surface area contributed by atoms with Gasteiger partial charge in [0, 0.05) is 6.92 Å². The van der Waals surface area contributed by atoms with Gasteiger partial charge in [0.15, 0.2) is 0 Å². The maximum atomic E-state index is 11.5. The highest BCUT2D eigenvalue weighted by Crippen LogP contribution is 2.66. The Morgan fingerprint density at radius 3 is 2.44 bits per heavy atom. The van der Waals surface area contributed by atoms with E-state index in [0.717, 1.165) is 48.3 Å². The summed E-state index contributed by atoms with van der Waals surface area (Å²) in [5, 5.41) is 0. The van der Waals surface area contributed by atoms with Crippen molar-refractivity contribution in [1.29, 1.82) is 0 Å². The molecule has 2 heteroatoms. The zero-order valence-electron chi connectivity index (χ0n) is 22.1. The Labute approximate surface area is 198 Å². The molecule has 0 spiro atoms. The van der Waals surface area contributed by atoms with Gasteiger partial charge in [-0.05, 0) is 104 Å². The van der Waals surface area contributed by atoms with Gasteiger partial charge in [-0.25, -0.2) is 0 Å². The molecule has 0 aliphatic heterocycles. The Morgan fingerprint density at radius 1 is 1.00 bits per heavy atom. The molecule has 0 heterocycles. The van der Waals surface area contributed by atoms with E-state index in [1.807, 2.05) is 11.1 Å². The molecule has 3 saturated carbocycles. The Hall–Kier alpha value is -0.790. The third-order valence-electron chi connectivity index (χ3n) is 11.3. The SMILES string of the molecule is CC(=O)O[C@@H]1CC[C@]2(C)[C@@H](CCC3=C4CC[C@H]([C@H](C)CC[C@H](C)C(C)C)[C@]4(C)CC[C@@H]32)C1. The summed E-state index contributed by atoms with van der Waals surface area (Å²) in [6.45, 7) is 16.6. The Kier molecular flexibility index (Phi) is 6.92. The van der Waals surface area contributed by atoms with Crippen molar-refractivity contribution in [2.45, 2.75) is 125 Å². The van der Waals surface area contributed by atoms with Crippen LogP contribution in [0.3, 0.4) is 0 Å². The molecule has 4 rings (SSSR count). The number of ether oxygens (including phenoxy) is 1. The molecular weight excluding hydrogens is 392 g/mol. The van der Waals surface area contributed by atoms with Crippen LogP contribution in [0.15, 0.2) is 11.1 Å². The molecule has 2 nitrogen and oxygen atoms in total. The van der Waals surface area contributed by atoms with E-state index in [4.69, 9.17) is 4.74 Å². The summed E-state index contributed by atoms with van der Waals surface area (Å²) < 4.78 is 5.65. The van der Waals surface area contributed by atoms with E-state index in [1.54, 1.807) is 6.92 Å². The quantitative estimate of drug-likeness (QED) is 0.305. The van der Waals surface area contributed by atoms with Crippen LogP contribution in [0.25, 0.3) is 0 Å². The molecule has 0 aromatic rings. The minimum atomic E-state index is -0.0976. The highest BCUT2D eigenvalue weighted by atomic mass is 16.5. The molecule has 8 atom stereocenters. The number of allylic oxidation sites excluding steroid dienone is 2. The lowest BCUT2D eigenvalue weighted by Crippen LogP contribution is -2.48. The van der Waals surface area contributed by atoms with Crippen LogP contribution < -0.4 is 0 Å². The molecule has 0 N–H and O–H groups in total. The second-order valence-electron chi connectivity index (χ2n) is 13.2. The lowest BCUT2D eigenvalue weighted by Gasteiger charge is -2.57. The number of hydrogen-bond donors (Lipinski definition) is 0. The van der Waals surface area contributed by atoms with Gasteiger partial charge in [-0.1, -0.05) is 65.5 Å². The fourth-order valence-electron chi connectivity index (χ4n) is 8.80. The summed E-state index contributed by atoms with van der Waals surface area (Å²) in [5.74, 6) is 4.81. The predicted octanol–water partition coefficient (Wildman–Crippen LogP) is 8.35. The third kappa shape index (κ3) is 4.22. The molecular formula is C30H50O2. The molecule has 32 heavy (non-hydrogen) atoms. The molecule has 4 aliphatic rings. The van der Waals surface area contributed by atoms with Crippen molar-refractivity contribution in [3.63, 3.8) is 0 Å². The first-order valence-corrected chi connectivity index (χ1v) is 14.0. The van der Waals surface area contributed by atoms with Crippen LogP contribution in [0, 0.1) is 46.3 Å². The molecule has 0 unspecified atom stereocenters. The molecule has 0 aromatic heterocycles. The van der Waals surface area contributed by atoms with Crippen molar-refractivity contribution in [1.82, 2.24) is 0 Å². The standard InChI is InChI=1S/C30H50O2/c1-19(2)20(3)8-9-21(4)26-12-13-27-25-11-10-23-18-24(32-22(5)31)14-16-29(23,6)28(25)15-17-30(26,27)7/h19-21,23-24,26,28H,8-18H2,1-7H3/t20-,21+,23-,24+,26+,28-,29+,30-/m0/s1. The summed E-state index contributed by atoms with van der Waals surface area (Å²) in [6, 6.07) is 0. The number of esters is 1.